The Bertz CT molecular complexity index is 809. The van der Waals surface area contributed by atoms with Crippen LogP contribution in [0, 0.1) is 45.3 Å². The standard InChI is InChI=1S/C30H52O4/c1-25(2,33)13-9-14-30(8,34)19-10-16-29(7)24(19)20(31)18-22-27(5)15-12-23(32)26(3,4)21(27)11-17-28(22,29)6/h9,13,19-24,31-34H,10-12,14-18H2,1-8H3/b13-9+/t19-,20+,21-,22-,23+,24+,27-,28+,29+,30-/m0/s1. The second-order valence-electron chi connectivity index (χ2n) is 15.0. The molecule has 0 aromatic heterocycles. The normalized spacial score (nSPS) is 50.4. The van der Waals surface area contributed by atoms with Crippen molar-refractivity contribution < 1.29 is 20.4 Å². The summed E-state index contributed by atoms with van der Waals surface area (Å²) in [4.78, 5) is 0. The Morgan fingerprint density at radius 3 is 2.06 bits per heavy atom. The monoisotopic (exact) mass is 476 g/mol. The largest absolute Gasteiger partial charge is 0.393 e. The van der Waals surface area contributed by atoms with Crippen molar-refractivity contribution in [3.05, 3.63) is 12.2 Å². The molecule has 196 valence electrons. The van der Waals surface area contributed by atoms with Gasteiger partial charge in [-0.15, -0.1) is 0 Å². The molecule has 4 saturated carbocycles. The number of fused-ring (bicyclic) bond motifs is 5. The van der Waals surface area contributed by atoms with E-state index >= 15 is 0 Å². The van der Waals surface area contributed by atoms with Gasteiger partial charge in [0.2, 0.25) is 0 Å². The highest BCUT2D eigenvalue weighted by molar-refractivity contribution is 5.20. The van der Waals surface area contributed by atoms with E-state index in [9.17, 15) is 20.4 Å². The van der Waals surface area contributed by atoms with Crippen LogP contribution in [0.2, 0.25) is 0 Å². The topological polar surface area (TPSA) is 80.9 Å². The third-order valence-corrected chi connectivity index (χ3v) is 12.2. The van der Waals surface area contributed by atoms with Crippen LogP contribution in [0.5, 0.6) is 0 Å². The molecule has 0 bridgehead atoms. The van der Waals surface area contributed by atoms with Gasteiger partial charge < -0.3 is 20.4 Å². The minimum Gasteiger partial charge on any atom is -0.393 e. The van der Waals surface area contributed by atoms with Gasteiger partial charge in [-0.25, -0.2) is 0 Å². The summed E-state index contributed by atoms with van der Waals surface area (Å²) in [5.74, 6) is 1.04. The molecule has 34 heavy (non-hydrogen) atoms. The summed E-state index contributed by atoms with van der Waals surface area (Å²) in [6.45, 7) is 17.3. The van der Waals surface area contributed by atoms with Gasteiger partial charge >= 0.3 is 0 Å². The zero-order valence-corrected chi connectivity index (χ0v) is 23.1. The van der Waals surface area contributed by atoms with Crippen LogP contribution in [0.25, 0.3) is 0 Å². The van der Waals surface area contributed by atoms with E-state index in [1.54, 1.807) is 19.9 Å². The molecule has 4 aliphatic rings. The lowest BCUT2D eigenvalue weighted by Crippen LogP contribution is -2.66. The first-order chi connectivity index (χ1) is 15.4. The van der Waals surface area contributed by atoms with Crippen molar-refractivity contribution in [2.24, 2.45) is 45.3 Å². The molecule has 4 nitrogen and oxygen atoms in total. The maximum atomic E-state index is 11.8. The molecule has 4 rings (SSSR count). The third-order valence-electron chi connectivity index (χ3n) is 12.2. The van der Waals surface area contributed by atoms with Gasteiger partial charge in [0.25, 0.3) is 0 Å². The van der Waals surface area contributed by atoms with Gasteiger partial charge in [0.1, 0.15) is 0 Å². The van der Waals surface area contributed by atoms with E-state index in [1.807, 2.05) is 13.0 Å². The molecule has 0 heterocycles. The molecule has 0 aromatic carbocycles. The van der Waals surface area contributed by atoms with Crippen LogP contribution in [0.3, 0.4) is 0 Å². The Hall–Kier alpha value is -0.420. The Morgan fingerprint density at radius 1 is 0.824 bits per heavy atom. The SMILES string of the molecule is CC(C)(O)/C=C/C[C@](C)(O)[C@H]1CC[C@]2(C)[C@H]1[C@H](O)C[C@H]1[C@@]3(C)CC[C@@H](O)C(C)(C)[C@@H]3CC[C@]12C. The molecule has 0 saturated heterocycles. The number of rotatable bonds is 4. The number of hydrogen-bond donors (Lipinski definition) is 4. The van der Waals surface area contributed by atoms with Crippen molar-refractivity contribution in [1.82, 2.24) is 0 Å². The van der Waals surface area contributed by atoms with Crippen LogP contribution >= 0.6 is 0 Å². The maximum absolute atomic E-state index is 11.8. The smallest absolute Gasteiger partial charge is 0.0771 e. The molecule has 0 aromatic rings. The summed E-state index contributed by atoms with van der Waals surface area (Å²) in [6.07, 6.45) is 10.5. The first kappa shape index (κ1) is 26.6. The van der Waals surface area contributed by atoms with Crippen LogP contribution in [-0.4, -0.2) is 43.8 Å². The molecule has 4 aliphatic carbocycles. The fraction of sp³-hybridized carbons (Fsp3) is 0.933. The second-order valence-corrected chi connectivity index (χ2v) is 15.0. The molecule has 0 amide bonds. The minimum atomic E-state index is -0.910. The maximum Gasteiger partial charge on any atom is 0.0771 e. The van der Waals surface area contributed by atoms with E-state index in [0.29, 0.717) is 18.3 Å². The highest BCUT2D eigenvalue weighted by atomic mass is 16.3. The van der Waals surface area contributed by atoms with Crippen molar-refractivity contribution in [1.29, 1.82) is 0 Å². The van der Waals surface area contributed by atoms with Crippen molar-refractivity contribution in [2.75, 3.05) is 0 Å². The molecule has 0 radical (unpaired) electrons. The van der Waals surface area contributed by atoms with Crippen molar-refractivity contribution in [3.63, 3.8) is 0 Å². The van der Waals surface area contributed by atoms with Gasteiger partial charge in [-0.3, -0.25) is 0 Å². The fourth-order valence-corrected chi connectivity index (χ4v) is 10.2. The summed E-state index contributed by atoms with van der Waals surface area (Å²) in [6, 6.07) is 0. The second kappa shape index (κ2) is 8.04. The summed E-state index contributed by atoms with van der Waals surface area (Å²) in [5.41, 5.74) is -1.66. The zero-order valence-electron chi connectivity index (χ0n) is 23.1. The van der Waals surface area contributed by atoms with E-state index in [1.165, 1.54) is 0 Å². The Kier molecular flexibility index (Phi) is 6.30. The molecular formula is C30H52O4. The molecule has 4 N–H and O–H groups in total. The highest BCUT2D eigenvalue weighted by Gasteiger charge is 2.71. The average Bonchev–Trinajstić information content (AvgIpc) is 3.07. The minimum absolute atomic E-state index is 0.0157. The van der Waals surface area contributed by atoms with Crippen molar-refractivity contribution in [2.45, 2.75) is 130 Å². The molecule has 0 unspecified atom stereocenters. The lowest BCUT2D eigenvalue weighted by atomic mass is 9.35. The first-order valence-corrected chi connectivity index (χ1v) is 13.9. The third kappa shape index (κ3) is 3.76. The fourth-order valence-electron chi connectivity index (χ4n) is 10.2. The molecule has 4 heteroatoms. The highest BCUT2D eigenvalue weighted by Crippen LogP contribution is 2.75. The molecule has 0 aliphatic heterocycles. The van der Waals surface area contributed by atoms with E-state index < -0.39 is 17.3 Å². The van der Waals surface area contributed by atoms with Gasteiger partial charge in [0.15, 0.2) is 0 Å². The van der Waals surface area contributed by atoms with Crippen LogP contribution in [0.4, 0.5) is 0 Å². The van der Waals surface area contributed by atoms with Crippen LogP contribution in [0.15, 0.2) is 12.2 Å². The van der Waals surface area contributed by atoms with Crippen LogP contribution in [0.1, 0.15) is 107 Å². The van der Waals surface area contributed by atoms with Gasteiger partial charge in [0, 0.05) is 0 Å². The van der Waals surface area contributed by atoms with Gasteiger partial charge in [-0.2, -0.15) is 0 Å². The summed E-state index contributed by atoms with van der Waals surface area (Å²) < 4.78 is 0. The van der Waals surface area contributed by atoms with Crippen LogP contribution < -0.4 is 0 Å². The molecule has 4 fully saturated rings. The van der Waals surface area contributed by atoms with E-state index in [-0.39, 0.29) is 39.6 Å². The number of aliphatic hydroxyl groups is 4. The zero-order chi connectivity index (χ0) is 25.5. The lowest BCUT2D eigenvalue weighted by Gasteiger charge is -2.70. The average molecular weight is 477 g/mol. The van der Waals surface area contributed by atoms with E-state index in [2.05, 4.69) is 34.6 Å². The predicted molar refractivity (Wildman–Crippen MR) is 137 cm³/mol. The molecule has 0 spiro atoms. The van der Waals surface area contributed by atoms with Crippen LogP contribution in [-0.2, 0) is 0 Å². The summed E-state index contributed by atoms with van der Waals surface area (Å²) in [5, 5.41) is 44.3. The molecular weight excluding hydrogens is 424 g/mol. The number of hydrogen-bond acceptors (Lipinski definition) is 4. The van der Waals surface area contributed by atoms with Gasteiger partial charge in [-0.1, -0.05) is 46.8 Å². The predicted octanol–water partition coefficient (Wildman–Crippen LogP) is 5.47. The van der Waals surface area contributed by atoms with Crippen molar-refractivity contribution in [3.8, 4) is 0 Å². The Labute approximate surface area is 208 Å². The first-order valence-electron chi connectivity index (χ1n) is 13.9. The molecule has 10 atom stereocenters. The lowest BCUT2D eigenvalue weighted by molar-refractivity contribution is -0.246. The summed E-state index contributed by atoms with van der Waals surface area (Å²) in [7, 11) is 0. The Balaban J connectivity index is 1.66. The quantitative estimate of drug-likeness (QED) is 0.406. The van der Waals surface area contributed by atoms with Gasteiger partial charge in [0.05, 0.1) is 23.4 Å². The van der Waals surface area contributed by atoms with E-state index in [0.717, 1.165) is 44.9 Å². The van der Waals surface area contributed by atoms with Gasteiger partial charge in [-0.05, 0) is 117 Å². The number of aliphatic hydroxyl groups excluding tert-OH is 2. The Morgan fingerprint density at radius 2 is 1.44 bits per heavy atom. The van der Waals surface area contributed by atoms with E-state index in [4.69, 9.17) is 0 Å². The van der Waals surface area contributed by atoms with Crippen molar-refractivity contribution >= 4 is 0 Å². The summed E-state index contributed by atoms with van der Waals surface area (Å²) >= 11 is 0.